The predicted octanol–water partition coefficient (Wildman–Crippen LogP) is 0.0681. The molecule has 100 valence electrons. The standard InChI is InChI=1S/C11H22N2O3S/c1-11(2)9(8-4-6-16-10(8)11)13-5-3-7-17(12,14)15/h8-10,13H,3-7H2,1-2H3,(H2,12,14,15). The number of nitrogens with one attached hydrogen (secondary N) is 1. The monoisotopic (exact) mass is 262 g/mol. The van der Waals surface area contributed by atoms with Crippen LogP contribution in [0.1, 0.15) is 26.7 Å². The lowest BCUT2D eigenvalue weighted by Crippen LogP contribution is -2.65. The minimum absolute atomic E-state index is 0.0533. The highest BCUT2D eigenvalue weighted by Gasteiger charge is 2.58. The molecule has 2 fully saturated rings. The van der Waals surface area contributed by atoms with Gasteiger partial charge in [0.1, 0.15) is 0 Å². The van der Waals surface area contributed by atoms with E-state index in [1.807, 2.05) is 0 Å². The van der Waals surface area contributed by atoms with Crippen LogP contribution in [0.15, 0.2) is 0 Å². The Morgan fingerprint density at radius 2 is 2.18 bits per heavy atom. The van der Waals surface area contributed by atoms with Gasteiger partial charge in [-0.05, 0) is 19.4 Å². The van der Waals surface area contributed by atoms with Crippen LogP contribution in [0.5, 0.6) is 0 Å². The molecule has 3 atom stereocenters. The summed E-state index contributed by atoms with van der Waals surface area (Å²) >= 11 is 0. The van der Waals surface area contributed by atoms with Crippen LogP contribution in [0, 0.1) is 11.3 Å². The summed E-state index contributed by atoms with van der Waals surface area (Å²) in [7, 11) is -3.32. The van der Waals surface area contributed by atoms with E-state index >= 15 is 0 Å². The normalized spacial score (nSPS) is 35.4. The second-order valence-corrected chi connectivity index (χ2v) is 7.45. The zero-order chi connectivity index (χ0) is 12.7. The van der Waals surface area contributed by atoms with Crippen molar-refractivity contribution in [1.82, 2.24) is 5.32 Å². The maximum absolute atomic E-state index is 10.8. The minimum Gasteiger partial charge on any atom is -0.377 e. The van der Waals surface area contributed by atoms with Crippen LogP contribution < -0.4 is 10.5 Å². The van der Waals surface area contributed by atoms with Gasteiger partial charge in [-0.1, -0.05) is 13.8 Å². The van der Waals surface area contributed by atoms with Crippen LogP contribution in [0.2, 0.25) is 0 Å². The molecular weight excluding hydrogens is 240 g/mol. The Labute approximate surface area is 103 Å². The van der Waals surface area contributed by atoms with Crippen molar-refractivity contribution < 1.29 is 13.2 Å². The molecule has 3 N–H and O–H groups in total. The molecule has 1 saturated carbocycles. The Morgan fingerprint density at radius 1 is 1.47 bits per heavy atom. The first kappa shape index (κ1) is 13.3. The first-order valence-corrected chi connectivity index (χ1v) is 7.89. The topological polar surface area (TPSA) is 81.4 Å². The predicted molar refractivity (Wildman–Crippen MR) is 66.0 cm³/mol. The lowest BCUT2D eigenvalue weighted by atomic mass is 9.57. The molecule has 1 aliphatic carbocycles. The van der Waals surface area contributed by atoms with Crippen LogP contribution >= 0.6 is 0 Å². The summed E-state index contributed by atoms with van der Waals surface area (Å²) in [4.78, 5) is 0. The fourth-order valence-corrected chi connectivity index (χ4v) is 3.82. The summed E-state index contributed by atoms with van der Waals surface area (Å²) in [6.45, 7) is 5.97. The van der Waals surface area contributed by atoms with Gasteiger partial charge in [-0.3, -0.25) is 0 Å². The highest BCUT2D eigenvalue weighted by molar-refractivity contribution is 7.89. The SMILES string of the molecule is CC1(C)C(NCCCS(N)(=O)=O)C2CCOC21. The number of fused-ring (bicyclic) bond motifs is 1. The smallest absolute Gasteiger partial charge is 0.209 e. The average molecular weight is 262 g/mol. The first-order chi connectivity index (χ1) is 7.82. The van der Waals surface area contributed by atoms with Gasteiger partial charge in [0.25, 0.3) is 0 Å². The number of sulfonamides is 1. The number of hydrogen-bond acceptors (Lipinski definition) is 4. The van der Waals surface area contributed by atoms with Crippen molar-refractivity contribution in [2.45, 2.75) is 38.8 Å². The lowest BCUT2D eigenvalue weighted by molar-refractivity contribution is -0.112. The Hall–Kier alpha value is -0.170. The second-order valence-electron chi connectivity index (χ2n) is 5.72. The second kappa shape index (κ2) is 4.50. The lowest BCUT2D eigenvalue weighted by Gasteiger charge is -2.55. The van der Waals surface area contributed by atoms with E-state index in [2.05, 4.69) is 19.2 Å². The van der Waals surface area contributed by atoms with E-state index in [-0.39, 0.29) is 11.2 Å². The van der Waals surface area contributed by atoms with E-state index in [1.165, 1.54) is 0 Å². The Bertz CT molecular complexity index is 380. The zero-order valence-corrected chi connectivity index (χ0v) is 11.3. The molecular formula is C11H22N2O3S. The Kier molecular flexibility index (Phi) is 3.51. The van der Waals surface area contributed by atoms with Crippen molar-refractivity contribution in [2.75, 3.05) is 18.9 Å². The van der Waals surface area contributed by atoms with Gasteiger partial charge in [0.2, 0.25) is 10.0 Å². The van der Waals surface area contributed by atoms with Gasteiger partial charge in [-0.25, -0.2) is 13.6 Å². The van der Waals surface area contributed by atoms with Crippen LogP contribution in [0.4, 0.5) is 0 Å². The summed E-state index contributed by atoms with van der Waals surface area (Å²) < 4.78 is 27.3. The maximum atomic E-state index is 10.8. The summed E-state index contributed by atoms with van der Waals surface area (Å²) in [5, 5.41) is 8.42. The van der Waals surface area contributed by atoms with E-state index in [0.717, 1.165) is 13.0 Å². The van der Waals surface area contributed by atoms with Gasteiger partial charge >= 0.3 is 0 Å². The van der Waals surface area contributed by atoms with E-state index in [1.54, 1.807) is 0 Å². The van der Waals surface area contributed by atoms with Crippen molar-refractivity contribution in [2.24, 2.45) is 16.5 Å². The fourth-order valence-electron chi connectivity index (χ4n) is 3.27. The van der Waals surface area contributed by atoms with Crippen molar-refractivity contribution in [1.29, 1.82) is 0 Å². The summed E-state index contributed by atoms with van der Waals surface area (Å²) in [6, 6.07) is 0.440. The van der Waals surface area contributed by atoms with Crippen LogP contribution in [-0.4, -0.2) is 39.5 Å². The third kappa shape index (κ3) is 2.65. The summed E-state index contributed by atoms with van der Waals surface area (Å²) in [6.07, 6.45) is 2.06. The van der Waals surface area contributed by atoms with E-state index < -0.39 is 10.0 Å². The Balaban J connectivity index is 1.76. The van der Waals surface area contributed by atoms with E-state index in [9.17, 15) is 8.42 Å². The number of hydrogen-bond donors (Lipinski definition) is 2. The maximum Gasteiger partial charge on any atom is 0.209 e. The molecule has 2 rings (SSSR count). The highest BCUT2D eigenvalue weighted by Crippen LogP contribution is 2.51. The van der Waals surface area contributed by atoms with Crippen LogP contribution in [0.3, 0.4) is 0 Å². The number of ether oxygens (including phenoxy) is 1. The molecule has 1 heterocycles. The fraction of sp³-hybridized carbons (Fsp3) is 1.00. The molecule has 5 nitrogen and oxygen atoms in total. The molecule has 0 radical (unpaired) electrons. The van der Waals surface area contributed by atoms with Crippen LogP contribution in [-0.2, 0) is 14.8 Å². The molecule has 1 saturated heterocycles. The molecule has 3 unspecified atom stereocenters. The van der Waals surface area contributed by atoms with Crippen molar-refractivity contribution >= 4 is 10.0 Å². The first-order valence-electron chi connectivity index (χ1n) is 6.18. The van der Waals surface area contributed by atoms with E-state index in [4.69, 9.17) is 9.88 Å². The summed E-state index contributed by atoms with van der Waals surface area (Å²) in [5.74, 6) is 0.650. The van der Waals surface area contributed by atoms with Gasteiger partial charge in [0.15, 0.2) is 0 Å². The van der Waals surface area contributed by atoms with E-state index in [0.29, 0.717) is 31.0 Å². The molecule has 6 heteroatoms. The molecule has 0 spiro atoms. The molecule has 0 aromatic rings. The molecule has 1 aliphatic heterocycles. The number of rotatable bonds is 5. The molecule has 0 aromatic carbocycles. The van der Waals surface area contributed by atoms with Crippen LogP contribution in [0.25, 0.3) is 0 Å². The molecule has 0 aromatic heterocycles. The average Bonchev–Trinajstić information content (AvgIpc) is 2.61. The molecule has 17 heavy (non-hydrogen) atoms. The Morgan fingerprint density at radius 3 is 2.82 bits per heavy atom. The zero-order valence-electron chi connectivity index (χ0n) is 10.5. The van der Waals surface area contributed by atoms with Gasteiger partial charge in [-0.2, -0.15) is 0 Å². The van der Waals surface area contributed by atoms with Crippen molar-refractivity contribution in [3.63, 3.8) is 0 Å². The molecule has 0 amide bonds. The minimum atomic E-state index is -3.32. The van der Waals surface area contributed by atoms with Gasteiger partial charge < -0.3 is 10.1 Å². The number of primary sulfonamides is 1. The van der Waals surface area contributed by atoms with Gasteiger partial charge in [0, 0.05) is 24.0 Å². The third-order valence-electron chi connectivity index (χ3n) is 4.07. The number of nitrogens with two attached hydrogens (primary N) is 1. The van der Waals surface area contributed by atoms with Gasteiger partial charge in [0.05, 0.1) is 11.9 Å². The quantitative estimate of drug-likeness (QED) is 0.687. The highest BCUT2D eigenvalue weighted by atomic mass is 32.2. The molecule has 0 bridgehead atoms. The molecule has 2 aliphatic rings. The van der Waals surface area contributed by atoms with Gasteiger partial charge in [-0.15, -0.1) is 0 Å². The van der Waals surface area contributed by atoms with Crippen molar-refractivity contribution in [3.05, 3.63) is 0 Å². The third-order valence-corrected chi connectivity index (χ3v) is 4.93. The van der Waals surface area contributed by atoms with Crippen molar-refractivity contribution in [3.8, 4) is 0 Å². The largest absolute Gasteiger partial charge is 0.377 e. The summed E-state index contributed by atoms with van der Waals surface area (Å²) in [5.41, 5.74) is 0.156.